The Hall–Kier alpha value is -1.68. The zero-order chi connectivity index (χ0) is 16.7. The molecule has 23 heavy (non-hydrogen) atoms. The molecule has 0 aliphatic heterocycles. The van der Waals surface area contributed by atoms with Crippen LogP contribution in [0.4, 0.5) is 5.82 Å². The lowest BCUT2D eigenvalue weighted by Crippen LogP contribution is -2.16. The molecule has 1 heterocycles. The van der Waals surface area contributed by atoms with Crippen LogP contribution in [0.15, 0.2) is 48.5 Å². The van der Waals surface area contributed by atoms with Crippen LogP contribution in [0, 0.1) is 6.92 Å². The van der Waals surface area contributed by atoms with Crippen LogP contribution in [0.2, 0.25) is 0 Å². The number of benzene rings is 1. The number of aromatic nitrogens is 1. The van der Waals surface area contributed by atoms with Gasteiger partial charge in [-0.1, -0.05) is 36.4 Å². The maximum absolute atomic E-state index is 13.3. The SMILES string of the molecule is CCOP(=O)(OCC)C(Nc1cccc(C)n1)c1ccccc1. The summed E-state index contributed by atoms with van der Waals surface area (Å²) < 4.78 is 24.3. The van der Waals surface area contributed by atoms with Crippen LogP contribution in [-0.2, 0) is 13.6 Å². The van der Waals surface area contributed by atoms with Gasteiger partial charge in [-0.15, -0.1) is 0 Å². The lowest BCUT2D eigenvalue weighted by atomic mass is 10.2. The molecule has 0 fully saturated rings. The summed E-state index contributed by atoms with van der Waals surface area (Å²) in [6, 6.07) is 15.2. The van der Waals surface area contributed by atoms with E-state index in [-0.39, 0.29) is 0 Å². The Labute approximate surface area is 137 Å². The molecule has 2 rings (SSSR count). The van der Waals surface area contributed by atoms with E-state index >= 15 is 0 Å². The molecule has 1 unspecified atom stereocenters. The minimum absolute atomic E-state index is 0.309. The summed E-state index contributed by atoms with van der Waals surface area (Å²) in [5, 5.41) is 3.22. The molecular formula is C17H23N2O3P. The van der Waals surface area contributed by atoms with Crippen LogP contribution in [-0.4, -0.2) is 18.2 Å². The van der Waals surface area contributed by atoms with Gasteiger partial charge in [0.1, 0.15) is 5.82 Å². The van der Waals surface area contributed by atoms with Gasteiger partial charge in [0.25, 0.3) is 0 Å². The standard InChI is InChI=1S/C17H23N2O3P/c1-4-21-23(20,22-5-2)17(15-11-7-6-8-12-15)19-16-13-9-10-14(3)18-16/h6-13,17H,4-5H2,1-3H3,(H,18,19). The van der Waals surface area contributed by atoms with Crippen molar-refractivity contribution in [3.63, 3.8) is 0 Å². The van der Waals surface area contributed by atoms with Crippen LogP contribution in [0.1, 0.15) is 30.9 Å². The number of hydrogen-bond acceptors (Lipinski definition) is 5. The van der Waals surface area contributed by atoms with E-state index in [1.54, 1.807) is 13.8 Å². The fourth-order valence-corrected chi connectivity index (χ4v) is 4.21. The Balaban J connectivity index is 2.41. The van der Waals surface area contributed by atoms with E-state index < -0.39 is 13.4 Å². The lowest BCUT2D eigenvalue weighted by Gasteiger charge is -2.27. The van der Waals surface area contributed by atoms with Gasteiger partial charge in [0.2, 0.25) is 0 Å². The maximum Gasteiger partial charge on any atom is 0.357 e. The molecule has 2 aromatic rings. The summed E-state index contributed by atoms with van der Waals surface area (Å²) >= 11 is 0. The van der Waals surface area contributed by atoms with Crippen molar-refractivity contribution in [1.29, 1.82) is 0 Å². The van der Waals surface area contributed by atoms with Crippen molar-refractivity contribution in [2.75, 3.05) is 18.5 Å². The first kappa shape index (κ1) is 17.7. The van der Waals surface area contributed by atoms with Gasteiger partial charge >= 0.3 is 7.60 Å². The van der Waals surface area contributed by atoms with Crippen LogP contribution >= 0.6 is 7.60 Å². The van der Waals surface area contributed by atoms with Crippen molar-refractivity contribution in [2.24, 2.45) is 0 Å². The molecule has 0 bridgehead atoms. The van der Waals surface area contributed by atoms with Crippen LogP contribution in [0.3, 0.4) is 0 Å². The van der Waals surface area contributed by atoms with Crippen molar-refractivity contribution in [3.8, 4) is 0 Å². The van der Waals surface area contributed by atoms with E-state index in [1.165, 1.54) is 0 Å². The summed E-state index contributed by atoms with van der Waals surface area (Å²) in [4.78, 5) is 4.43. The highest BCUT2D eigenvalue weighted by molar-refractivity contribution is 7.54. The highest BCUT2D eigenvalue weighted by Gasteiger charge is 2.37. The highest BCUT2D eigenvalue weighted by atomic mass is 31.2. The molecule has 0 amide bonds. The lowest BCUT2D eigenvalue weighted by molar-refractivity contribution is 0.214. The van der Waals surface area contributed by atoms with E-state index in [2.05, 4.69) is 10.3 Å². The molecule has 0 spiro atoms. The monoisotopic (exact) mass is 334 g/mol. The van der Waals surface area contributed by atoms with Crippen molar-refractivity contribution in [3.05, 3.63) is 59.8 Å². The molecule has 124 valence electrons. The number of aryl methyl sites for hydroxylation is 1. The number of nitrogens with one attached hydrogen (secondary N) is 1. The molecule has 6 heteroatoms. The molecule has 5 nitrogen and oxygen atoms in total. The van der Waals surface area contributed by atoms with Crippen molar-refractivity contribution < 1.29 is 13.6 Å². The Kier molecular flexibility index (Phi) is 6.34. The molecule has 0 saturated carbocycles. The largest absolute Gasteiger partial charge is 0.357 e. The first-order chi connectivity index (χ1) is 11.1. The molecule has 0 saturated heterocycles. The minimum atomic E-state index is -3.38. The van der Waals surface area contributed by atoms with Crippen LogP contribution in [0.25, 0.3) is 0 Å². The fourth-order valence-electron chi connectivity index (χ4n) is 2.29. The van der Waals surface area contributed by atoms with E-state index in [9.17, 15) is 4.57 Å². The molecule has 0 aliphatic rings. The average Bonchev–Trinajstić information content (AvgIpc) is 2.54. The van der Waals surface area contributed by atoms with E-state index in [4.69, 9.17) is 9.05 Å². The first-order valence-electron chi connectivity index (χ1n) is 7.73. The van der Waals surface area contributed by atoms with Gasteiger partial charge in [-0.25, -0.2) is 4.98 Å². The summed E-state index contributed by atoms with van der Waals surface area (Å²) in [6.45, 7) is 6.14. The summed E-state index contributed by atoms with van der Waals surface area (Å²) in [7, 11) is -3.38. The molecule has 1 aromatic heterocycles. The van der Waals surface area contributed by atoms with Gasteiger partial charge in [-0.3, -0.25) is 4.57 Å². The van der Waals surface area contributed by atoms with Crippen molar-refractivity contribution in [2.45, 2.75) is 26.6 Å². The van der Waals surface area contributed by atoms with Gasteiger partial charge in [0.15, 0.2) is 5.78 Å². The number of pyridine rings is 1. The predicted octanol–water partition coefficient (Wildman–Crippen LogP) is 4.77. The predicted molar refractivity (Wildman–Crippen MR) is 92.6 cm³/mol. The smallest absolute Gasteiger partial charge is 0.353 e. The van der Waals surface area contributed by atoms with Gasteiger partial charge in [-0.2, -0.15) is 0 Å². The molecule has 0 radical (unpaired) electrons. The quantitative estimate of drug-likeness (QED) is 0.705. The van der Waals surface area contributed by atoms with E-state index in [1.807, 2.05) is 55.5 Å². The summed E-state index contributed by atoms with van der Waals surface area (Å²) in [5.74, 6) is 0.0244. The highest BCUT2D eigenvalue weighted by Crippen LogP contribution is 2.60. The van der Waals surface area contributed by atoms with Gasteiger partial charge in [0.05, 0.1) is 13.2 Å². The zero-order valence-electron chi connectivity index (χ0n) is 13.7. The van der Waals surface area contributed by atoms with E-state index in [0.29, 0.717) is 19.0 Å². The van der Waals surface area contributed by atoms with E-state index in [0.717, 1.165) is 11.3 Å². The molecule has 0 aliphatic carbocycles. The third-order valence-corrected chi connectivity index (χ3v) is 5.52. The van der Waals surface area contributed by atoms with Crippen LogP contribution in [0.5, 0.6) is 0 Å². The number of anilines is 1. The Morgan fingerprint density at radius 3 is 2.26 bits per heavy atom. The molecule has 1 N–H and O–H groups in total. The second-order valence-corrected chi connectivity index (χ2v) is 7.11. The van der Waals surface area contributed by atoms with Gasteiger partial charge in [-0.05, 0) is 38.5 Å². The van der Waals surface area contributed by atoms with Crippen molar-refractivity contribution >= 4 is 13.4 Å². The fraction of sp³-hybridized carbons (Fsp3) is 0.353. The second-order valence-electron chi connectivity index (χ2n) is 5.00. The molecule has 1 aromatic carbocycles. The third kappa shape index (κ3) is 4.64. The maximum atomic E-state index is 13.3. The topological polar surface area (TPSA) is 60.5 Å². The number of rotatable bonds is 8. The summed E-state index contributed by atoms with van der Waals surface area (Å²) in [6.07, 6.45) is 0. The van der Waals surface area contributed by atoms with Crippen LogP contribution < -0.4 is 5.32 Å². The second kappa shape index (κ2) is 8.25. The van der Waals surface area contributed by atoms with Crippen molar-refractivity contribution in [1.82, 2.24) is 4.98 Å². The third-order valence-electron chi connectivity index (χ3n) is 3.22. The number of hydrogen-bond donors (Lipinski definition) is 1. The zero-order valence-corrected chi connectivity index (χ0v) is 14.6. The molecule has 1 atom stereocenters. The Morgan fingerprint density at radius 1 is 1.04 bits per heavy atom. The minimum Gasteiger partial charge on any atom is -0.353 e. The Bertz CT molecular complexity index is 654. The number of nitrogens with zero attached hydrogens (tertiary/aromatic N) is 1. The van der Waals surface area contributed by atoms with Gasteiger partial charge < -0.3 is 14.4 Å². The van der Waals surface area contributed by atoms with Gasteiger partial charge in [0, 0.05) is 5.69 Å². The first-order valence-corrected chi connectivity index (χ1v) is 9.34. The normalized spacial score (nSPS) is 12.8. The average molecular weight is 334 g/mol. The summed E-state index contributed by atoms with van der Waals surface area (Å²) in [5.41, 5.74) is 1.71. The molecular weight excluding hydrogens is 311 g/mol. The Morgan fingerprint density at radius 2 is 1.70 bits per heavy atom.